The van der Waals surface area contributed by atoms with Crippen molar-refractivity contribution in [1.29, 1.82) is 0 Å². The highest BCUT2D eigenvalue weighted by Gasteiger charge is 2.33. The summed E-state index contributed by atoms with van der Waals surface area (Å²) in [5.74, 6) is -0.0547. The molecule has 5 nitrogen and oxygen atoms in total. The summed E-state index contributed by atoms with van der Waals surface area (Å²) in [4.78, 5) is 15.9. The van der Waals surface area contributed by atoms with E-state index >= 15 is 0 Å². The van der Waals surface area contributed by atoms with Gasteiger partial charge in [0.05, 0.1) is 11.3 Å². The summed E-state index contributed by atoms with van der Waals surface area (Å²) >= 11 is 0. The maximum absolute atomic E-state index is 11.9. The van der Waals surface area contributed by atoms with E-state index in [0.717, 1.165) is 49.3 Å². The van der Waals surface area contributed by atoms with Crippen LogP contribution in [0.4, 0.5) is 11.4 Å². The van der Waals surface area contributed by atoms with Gasteiger partial charge in [0.1, 0.15) is 6.04 Å². The Morgan fingerprint density at radius 2 is 2.10 bits per heavy atom. The number of hydrogen-bond donors (Lipinski definition) is 2. The number of likely N-dealkylation sites (N-methyl/N-ethyl adjacent to an activating group) is 1. The summed E-state index contributed by atoms with van der Waals surface area (Å²) in [6.45, 7) is 3.67. The molecule has 21 heavy (non-hydrogen) atoms. The SMILES string of the molecule is CN1C(=O)C(N)c2ccc(N3CCCC(C)(O)CC3)cc21. The van der Waals surface area contributed by atoms with Crippen LogP contribution in [-0.4, -0.2) is 36.8 Å². The van der Waals surface area contributed by atoms with Crippen LogP contribution in [0.2, 0.25) is 0 Å². The smallest absolute Gasteiger partial charge is 0.248 e. The number of carbonyl (C=O) groups is 1. The van der Waals surface area contributed by atoms with Gasteiger partial charge in [-0.05, 0) is 38.3 Å². The first kappa shape index (κ1) is 14.4. The molecule has 1 fully saturated rings. The third-order valence-corrected chi connectivity index (χ3v) is 4.74. The summed E-state index contributed by atoms with van der Waals surface area (Å²) < 4.78 is 0. The molecule has 2 aliphatic heterocycles. The number of anilines is 2. The van der Waals surface area contributed by atoms with Gasteiger partial charge in [0, 0.05) is 31.4 Å². The van der Waals surface area contributed by atoms with Crippen molar-refractivity contribution in [3.63, 3.8) is 0 Å². The summed E-state index contributed by atoms with van der Waals surface area (Å²) in [5, 5.41) is 10.2. The maximum atomic E-state index is 11.9. The number of carbonyl (C=O) groups excluding carboxylic acids is 1. The van der Waals surface area contributed by atoms with Gasteiger partial charge in [-0.3, -0.25) is 4.79 Å². The van der Waals surface area contributed by atoms with Crippen molar-refractivity contribution in [1.82, 2.24) is 0 Å². The van der Waals surface area contributed by atoms with E-state index in [1.807, 2.05) is 25.1 Å². The summed E-state index contributed by atoms with van der Waals surface area (Å²) in [6.07, 6.45) is 2.56. The first-order valence-electron chi connectivity index (χ1n) is 7.53. The molecule has 1 saturated heterocycles. The zero-order chi connectivity index (χ0) is 15.2. The fourth-order valence-electron chi connectivity index (χ4n) is 3.26. The van der Waals surface area contributed by atoms with Gasteiger partial charge < -0.3 is 20.6 Å². The van der Waals surface area contributed by atoms with Crippen LogP contribution >= 0.6 is 0 Å². The number of hydrogen-bond acceptors (Lipinski definition) is 4. The van der Waals surface area contributed by atoms with Gasteiger partial charge in [-0.15, -0.1) is 0 Å². The van der Waals surface area contributed by atoms with Crippen LogP contribution in [-0.2, 0) is 4.79 Å². The number of amides is 1. The number of rotatable bonds is 1. The molecule has 2 atom stereocenters. The van der Waals surface area contributed by atoms with Gasteiger partial charge in [-0.1, -0.05) is 6.07 Å². The van der Waals surface area contributed by atoms with E-state index in [2.05, 4.69) is 4.90 Å². The monoisotopic (exact) mass is 289 g/mol. The third kappa shape index (κ3) is 2.51. The number of aliphatic hydroxyl groups is 1. The van der Waals surface area contributed by atoms with Gasteiger partial charge in [0.25, 0.3) is 0 Å². The van der Waals surface area contributed by atoms with E-state index in [1.54, 1.807) is 11.9 Å². The van der Waals surface area contributed by atoms with Crippen LogP contribution in [0, 0.1) is 0 Å². The molecule has 0 aromatic heterocycles. The molecule has 1 aromatic rings. The van der Waals surface area contributed by atoms with Crippen molar-refractivity contribution in [3.05, 3.63) is 23.8 Å². The molecular formula is C16H23N3O2. The lowest BCUT2D eigenvalue weighted by Crippen LogP contribution is -2.28. The quantitative estimate of drug-likeness (QED) is 0.820. The summed E-state index contributed by atoms with van der Waals surface area (Å²) in [6, 6.07) is 5.49. The van der Waals surface area contributed by atoms with E-state index in [9.17, 15) is 9.90 Å². The number of benzene rings is 1. The molecule has 114 valence electrons. The number of fused-ring (bicyclic) bond motifs is 1. The van der Waals surface area contributed by atoms with Crippen LogP contribution in [0.1, 0.15) is 37.8 Å². The van der Waals surface area contributed by atoms with Crippen molar-refractivity contribution < 1.29 is 9.90 Å². The Balaban J connectivity index is 1.87. The molecule has 5 heteroatoms. The second-order valence-electron chi connectivity index (χ2n) is 6.46. The Labute approximate surface area is 125 Å². The van der Waals surface area contributed by atoms with Crippen molar-refractivity contribution in [2.24, 2.45) is 5.73 Å². The molecule has 3 rings (SSSR count). The van der Waals surface area contributed by atoms with Crippen molar-refractivity contribution in [3.8, 4) is 0 Å². The molecule has 1 amide bonds. The molecular weight excluding hydrogens is 266 g/mol. The minimum absolute atomic E-state index is 0.0547. The minimum atomic E-state index is -0.569. The predicted molar refractivity (Wildman–Crippen MR) is 83.5 cm³/mol. The first-order valence-corrected chi connectivity index (χ1v) is 7.53. The molecule has 3 N–H and O–H groups in total. The topological polar surface area (TPSA) is 69.8 Å². The van der Waals surface area contributed by atoms with Crippen LogP contribution in [0.3, 0.4) is 0 Å². The fraction of sp³-hybridized carbons (Fsp3) is 0.562. The molecule has 2 unspecified atom stereocenters. The highest BCUT2D eigenvalue weighted by atomic mass is 16.3. The average Bonchev–Trinajstić information content (AvgIpc) is 2.60. The molecule has 2 heterocycles. The molecule has 2 aliphatic rings. The Kier molecular flexibility index (Phi) is 3.42. The van der Waals surface area contributed by atoms with Crippen LogP contribution in [0.25, 0.3) is 0 Å². The van der Waals surface area contributed by atoms with Crippen LogP contribution < -0.4 is 15.5 Å². The minimum Gasteiger partial charge on any atom is -0.390 e. The summed E-state index contributed by atoms with van der Waals surface area (Å²) in [7, 11) is 1.77. The van der Waals surface area contributed by atoms with Gasteiger partial charge in [0.15, 0.2) is 0 Å². The zero-order valence-corrected chi connectivity index (χ0v) is 12.7. The predicted octanol–water partition coefficient (Wildman–Crippen LogP) is 1.40. The molecule has 0 radical (unpaired) electrons. The molecule has 0 aliphatic carbocycles. The molecule has 1 aromatic carbocycles. The van der Waals surface area contributed by atoms with Crippen molar-refractivity contribution in [2.45, 2.75) is 37.8 Å². The third-order valence-electron chi connectivity index (χ3n) is 4.74. The van der Waals surface area contributed by atoms with E-state index in [0.29, 0.717) is 0 Å². The highest BCUT2D eigenvalue weighted by Crippen LogP contribution is 2.37. The molecule has 0 spiro atoms. The molecule has 0 bridgehead atoms. The number of nitrogens with two attached hydrogens (primary N) is 1. The van der Waals surface area contributed by atoms with Crippen LogP contribution in [0.5, 0.6) is 0 Å². The van der Waals surface area contributed by atoms with Gasteiger partial charge in [0.2, 0.25) is 5.91 Å². The van der Waals surface area contributed by atoms with Crippen molar-refractivity contribution in [2.75, 3.05) is 29.9 Å². The van der Waals surface area contributed by atoms with E-state index in [1.165, 1.54) is 0 Å². The van der Waals surface area contributed by atoms with Gasteiger partial charge in [-0.25, -0.2) is 0 Å². The van der Waals surface area contributed by atoms with E-state index in [-0.39, 0.29) is 5.91 Å². The maximum Gasteiger partial charge on any atom is 0.248 e. The fourth-order valence-corrected chi connectivity index (χ4v) is 3.26. The first-order chi connectivity index (χ1) is 9.89. The normalized spacial score (nSPS) is 29.5. The van der Waals surface area contributed by atoms with E-state index in [4.69, 9.17) is 5.73 Å². The average molecular weight is 289 g/mol. The van der Waals surface area contributed by atoms with Crippen molar-refractivity contribution >= 4 is 17.3 Å². The number of nitrogens with zero attached hydrogens (tertiary/aromatic N) is 2. The Bertz CT molecular complexity index is 571. The second kappa shape index (κ2) is 5.00. The lowest BCUT2D eigenvalue weighted by Gasteiger charge is -2.25. The Hall–Kier alpha value is -1.59. The molecule has 0 saturated carbocycles. The standard InChI is InChI=1S/C16H23N3O2/c1-16(21)6-3-8-19(9-7-16)11-4-5-12-13(10-11)18(2)15(20)14(12)17/h4-5,10,14,21H,3,6-9,17H2,1-2H3. The zero-order valence-electron chi connectivity index (χ0n) is 12.7. The Morgan fingerprint density at radius 1 is 1.33 bits per heavy atom. The second-order valence-corrected chi connectivity index (χ2v) is 6.46. The lowest BCUT2D eigenvalue weighted by atomic mass is 9.98. The highest BCUT2D eigenvalue weighted by molar-refractivity contribution is 6.04. The largest absolute Gasteiger partial charge is 0.390 e. The van der Waals surface area contributed by atoms with Gasteiger partial charge in [-0.2, -0.15) is 0 Å². The van der Waals surface area contributed by atoms with Crippen LogP contribution in [0.15, 0.2) is 18.2 Å². The Morgan fingerprint density at radius 3 is 2.86 bits per heavy atom. The lowest BCUT2D eigenvalue weighted by molar-refractivity contribution is -0.118. The van der Waals surface area contributed by atoms with E-state index < -0.39 is 11.6 Å². The van der Waals surface area contributed by atoms with Gasteiger partial charge >= 0.3 is 0 Å². The summed E-state index contributed by atoms with van der Waals surface area (Å²) in [5.41, 5.74) is 8.26.